The van der Waals surface area contributed by atoms with Gasteiger partial charge >= 0.3 is 0 Å². The van der Waals surface area contributed by atoms with E-state index in [1.54, 1.807) is 32.4 Å². The van der Waals surface area contributed by atoms with Crippen molar-refractivity contribution in [3.05, 3.63) is 23.8 Å². The SMILES string of the molecule is COc1cc(OC)cc(C(=O)NCC2(N3CCOCC3)CCC2)c1. The van der Waals surface area contributed by atoms with E-state index in [1.807, 2.05) is 0 Å². The number of morpholine rings is 1. The van der Waals surface area contributed by atoms with Crippen LogP contribution in [0.15, 0.2) is 18.2 Å². The van der Waals surface area contributed by atoms with Gasteiger partial charge < -0.3 is 19.5 Å². The largest absolute Gasteiger partial charge is 0.497 e. The van der Waals surface area contributed by atoms with Crippen molar-refractivity contribution in [1.82, 2.24) is 10.2 Å². The van der Waals surface area contributed by atoms with Gasteiger partial charge in [0.2, 0.25) is 0 Å². The molecule has 3 rings (SSSR count). The molecule has 2 fully saturated rings. The number of carbonyl (C=O) groups is 1. The Morgan fingerprint density at radius 1 is 1.17 bits per heavy atom. The van der Waals surface area contributed by atoms with Crippen LogP contribution in [0.5, 0.6) is 11.5 Å². The quantitative estimate of drug-likeness (QED) is 0.858. The lowest BCUT2D eigenvalue weighted by Gasteiger charge is -2.51. The van der Waals surface area contributed by atoms with Crippen LogP contribution < -0.4 is 14.8 Å². The third-order valence-corrected chi connectivity index (χ3v) is 5.16. The molecule has 132 valence electrons. The highest BCUT2D eigenvalue weighted by molar-refractivity contribution is 5.95. The molecule has 2 aliphatic rings. The summed E-state index contributed by atoms with van der Waals surface area (Å²) in [5.74, 6) is 1.14. The number of nitrogens with one attached hydrogen (secondary N) is 1. The Bertz CT molecular complexity index is 558. The van der Waals surface area contributed by atoms with E-state index in [9.17, 15) is 4.79 Å². The minimum absolute atomic E-state index is 0.0910. The normalized spacial score (nSPS) is 20.1. The van der Waals surface area contributed by atoms with Crippen molar-refractivity contribution in [2.45, 2.75) is 24.8 Å². The summed E-state index contributed by atoms with van der Waals surface area (Å²) in [7, 11) is 3.16. The molecular formula is C18H26N2O4. The second-order valence-corrected chi connectivity index (χ2v) is 6.46. The average molecular weight is 334 g/mol. The van der Waals surface area contributed by atoms with Crippen LogP contribution in [0.2, 0.25) is 0 Å². The fourth-order valence-corrected chi connectivity index (χ4v) is 3.51. The maximum atomic E-state index is 12.6. The van der Waals surface area contributed by atoms with Crippen molar-refractivity contribution in [2.75, 3.05) is 47.1 Å². The summed E-state index contributed by atoms with van der Waals surface area (Å²) in [5.41, 5.74) is 0.658. The second kappa shape index (κ2) is 7.40. The van der Waals surface area contributed by atoms with Crippen LogP contribution in [-0.4, -0.2) is 63.4 Å². The zero-order valence-electron chi connectivity index (χ0n) is 14.5. The van der Waals surface area contributed by atoms with Gasteiger partial charge in [0.15, 0.2) is 0 Å². The topological polar surface area (TPSA) is 60.0 Å². The molecule has 1 heterocycles. The highest BCUT2D eigenvalue weighted by Crippen LogP contribution is 2.37. The van der Waals surface area contributed by atoms with Crippen LogP contribution in [0.4, 0.5) is 0 Å². The van der Waals surface area contributed by atoms with Crippen molar-refractivity contribution in [2.24, 2.45) is 0 Å². The molecule has 1 N–H and O–H groups in total. The first-order valence-corrected chi connectivity index (χ1v) is 8.51. The zero-order valence-corrected chi connectivity index (χ0v) is 14.5. The third-order valence-electron chi connectivity index (χ3n) is 5.16. The fraction of sp³-hybridized carbons (Fsp3) is 0.611. The van der Waals surface area contributed by atoms with E-state index in [0.29, 0.717) is 23.6 Å². The summed E-state index contributed by atoms with van der Waals surface area (Å²) in [6.07, 6.45) is 3.49. The van der Waals surface area contributed by atoms with Gasteiger partial charge in [-0.15, -0.1) is 0 Å². The summed E-state index contributed by atoms with van der Waals surface area (Å²) in [6, 6.07) is 5.23. The molecule has 24 heavy (non-hydrogen) atoms. The van der Waals surface area contributed by atoms with Gasteiger partial charge in [0.05, 0.1) is 27.4 Å². The highest BCUT2D eigenvalue weighted by Gasteiger charge is 2.43. The van der Waals surface area contributed by atoms with Crippen molar-refractivity contribution in [1.29, 1.82) is 0 Å². The number of nitrogens with zero attached hydrogens (tertiary/aromatic N) is 1. The summed E-state index contributed by atoms with van der Waals surface area (Å²) in [4.78, 5) is 15.1. The Balaban J connectivity index is 1.66. The molecule has 6 nitrogen and oxygen atoms in total. The molecule has 0 radical (unpaired) electrons. The molecular weight excluding hydrogens is 308 g/mol. The smallest absolute Gasteiger partial charge is 0.251 e. The molecule has 1 saturated heterocycles. The Morgan fingerprint density at radius 2 is 1.79 bits per heavy atom. The molecule has 6 heteroatoms. The highest BCUT2D eigenvalue weighted by atomic mass is 16.5. The number of rotatable bonds is 6. The van der Waals surface area contributed by atoms with E-state index in [0.717, 1.165) is 39.1 Å². The number of carbonyl (C=O) groups excluding carboxylic acids is 1. The number of benzene rings is 1. The zero-order chi connectivity index (χ0) is 17.0. The summed E-state index contributed by atoms with van der Waals surface area (Å²) in [6.45, 7) is 4.13. The van der Waals surface area contributed by atoms with Crippen molar-refractivity contribution >= 4 is 5.91 Å². The number of hydrogen-bond donors (Lipinski definition) is 1. The predicted molar refractivity (Wildman–Crippen MR) is 90.9 cm³/mol. The van der Waals surface area contributed by atoms with E-state index < -0.39 is 0 Å². The van der Waals surface area contributed by atoms with E-state index >= 15 is 0 Å². The Hall–Kier alpha value is -1.79. The average Bonchev–Trinajstić information content (AvgIpc) is 2.61. The molecule has 1 amide bonds. The maximum absolute atomic E-state index is 12.6. The van der Waals surface area contributed by atoms with Crippen LogP contribution in [-0.2, 0) is 4.74 Å². The molecule has 1 saturated carbocycles. The maximum Gasteiger partial charge on any atom is 0.251 e. The van der Waals surface area contributed by atoms with Gasteiger partial charge in [-0.3, -0.25) is 9.69 Å². The van der Waals surface area contributed by atoms with Crippen LogP contribution in [0, 0.1) is 0 Å². The molecule has 1 aromatic rings. The summed E-state index contributed by atoms with van der Waals surface area (Å²) in [5, 5.41) is 3.11. The lowest BCUT2D eigenvalue weighted by Crippen LogP contribution is -2.62. The summed E-state index contributed by atoms with van der Waals surface area (Å²) >= 11 is 0. The lowest BCUT2D eigenvalue weighted by molar-refractivity contribution is -0.0540. The molecule has 1 aliphatic carbocycles. The Labute approximate surface area is 143 Å². The monoisotopic (exact) mass is 334 g/mol. The van der Waals surface area contributed by atoms with Crippen LogP contribution in [0.25, 0.3) is 0 Å². The van der Waals surface area contributed by atoms with Gasteiger partial charge in [-0.1, -0.05) is 0 Å². The number of methoxy groups -OCH3 is 2. The Kier molecular flexibility index (Phi) is 5.26. The second-order valence-electron chi connectivity index (χ2n) is 6.46. The number of amides is 1. The Morgan fingerprint density at radius 3 is 2.29 bits per heavy atom. The number of hydrogen-bond acceptors (Lipinski definition) is 5. The standard InChI is InChI=1S/C18H26N2O4/c1-22-15-10-14(11-16(12-15)23-2)17(21)19-13-18(4-3-5-18)20-6-8-24-9-7-20/h10-12H,3-9,13H2,1-2H3,(H,19,21). The molecule has 0 bridgehead atoms. The molecule has 1 aliphatic heterocycles. The first-order valence-electron chi connectivity index (χ1n) is 8.51. The molecule has 0 atom stereocenters. The molecule has 0 aromatic heterocycles. The van der Waals surface area contributed by atoms with Gasteiger partial charge in [-0.2, -0.15) is 0 Å². The van der Waals surface area contributed by atoms with E-state index in [4.69, 9.17) is 14.2 Å². The predicted octanol–water partition coefficient (Wildman–Crippen LogP) is 1.69. The van der Waals surface area contributed by atoms with E-state index in [-0.39, 0.29) is 11.4 Å². The van der Waals surface area contributed by atoms with Crippen LogP contribution in [0.3, 0.4) is 0 Å². The molecule has 0 unspecified atom stereocenters. The van der Waals surface area contributed by atoms with Gasteiger partial charge in [0.25, 0.3) is 5.91 Å². The van der Waals surface area contributed by atoms with Gasteiger partial charge in [0, 0.05) is 36.8 Å². The minimum atomic E-state index is -0.0910. The fourth-order valence-electron chi connectivity index (χ4n) is 3.51. The van der Waals surface area contributed by atoms with Crippen molar-refractivity contribution < 1.29 is 19.0 Å². The van der Waals surface area contributed by atoms with Gasteiger partial charge in [0.1, 0.15) is 11.5 Å². The van der Waals surface area contributed by atoms with Crippen LogP contribution in [0.1, 0.15) is 29.6 Å². The van der Waals surface area contributed by atoms with Gasteiger partial charge in [-0.25, -0.2) is 0 Å². The summed E-state index contributed by atoms with van der Waals surface area (Å²) < 4.78 is 15.9. The number of ether oxygens (including phenoxy) is 3. The van der Waals surface area contributed by atoms with Crippen molar-refractivity contribution in [3.63, 3.8) is 0 Å². The first kappa shape index (κ1) is 17.0. The third kappa shape index (κ3) is 3.49. The first-order chi connectivity index (χ1) is 11.7. The molecule has 1 aromatic carbocycles. The molecule has 0 spiro atoms. The van der Waals surface area contributed by atoms with Gasteiger partial charge in [-0.05, 0) is 31.4 Å². The van der Waals surface area contributed by atoms with E-state index in [2.05, 4.69) is 10.2 Å². The van der Waals surface area contributed by atoms with Crippen LogP contribution >= 0.6 is 0 Å². The minimum Gasteiger partial charge on any atom is -0.497 e. The van der Waals surface area contributed by atoms with Crippen molar-refractivity contribution in [3.8, 4) is 11.5 Å². The van der Waals surface area contributed by atoms with E-state index in [1.165, 1.54) is 6.42 Å². The lowest BCUT2D eigenvalue weighted by atomic mass is 9.75.